The molecule has 1 aliphatic heterocycles. The van der Waals surface area contributed by atoms with E-state index in [2.05, 4.69) is 15.0 Å². The van der Waals surface area contributed by atoms with Gasteiger partial charge in [0.25, 0.3) is 0 Å². The highest BCUT2D eigenvalue weighted by Crippen LogP contribution is 2.43. The summed E-state index contributed by atoms with van der Waals surface area (Å²) in [5.41, 5.74) is 8.11. The van der Waals surface area contributed by atoms with Gasteiger partial charge in [0.1, 0.15) is 47.3 Å². The third kappa shape index (κ3) is 4.72. The van der Waals surface area contributed by atoms with Gasteiger partial charge in [-0.2, -0.15) is 0 Å². The molecule has 11 heteroatoms. The summed E-state index contributed by atoms with van der Waals surface area (Å²) < 4.78 is 25.4. The molecule has 1 fully saturated rings. The summed E-state index contributed by atoms with van der Waals surface area (Å²) in [6.45, 7) is -0.0641. The molecule has 0 radical (unpaired) electrons. The molecular formula is C31H31N5O6. The monoisotopic (exact) mass is 569 g/mol. The minimum atomic E-state index is -1.28. The second-order valence-electron chi connectivity index (χ2n) is 9.94. The molecule has 1 unspecified atom stereocenters. The Morgan fingerprint density at radius 1 is 0.810 bits per heavy atom. The Hall–Kier alpha value is -4.55. The first kappa shape index (κ1) is 27.6. The average Bonchev–Trinajstić information content (AvgIpc) is 3.59. The van der Waals surface area contributed by atoms with Gasteiger partial charge in [-0.05, 0) is 41.0 Å². The van der Waals surface area contributed by atoms with Gasteiger partial charge in [0.2, 0.25) is 0 Å². The van der Waals surface area contributed by atoms with Gasteiger partial charge in [-0.3, -0.25) is 4.57 Å². The van der Waals surface area contributed by atoms with E-state index in [0.717, 1.165) is 16.7 Å². The van der Waals surface area contributed by atoms with Crippen LogP contribution in [0.3, 0.4) is 0 Å². The van der Waals surface area contributed by atoms with Crippen LogP contribution in [0.15, 0.2) is 91.5 Å². The molecule has 5 aromatic rings. The van der Waals surface area contributed by atoms with Crippen LogP contribution in [0, 0.1) is 0 Å². The van der Waals surface area contributed by atoms with Crippen molar-refractivity contribution in [1.82, 2.24) is 19.5 Å². The first-order valence-electron chi connectivity index (χ1n) is 13.4. The van der Waals surface area contributed by atoms with Gasteiger partial charge in [0.05, 0.1) is 27.2 Å². The molecule has 3 aromatic carbocycles. The van der Waals surface area contributed by atoms with Gasteiger partial charge in [-0.1, -0.05) is 54.6 Å². The standard InChI is InChI=1S/C31H31N5O6/c1-39-22-12-8-20(9-13-22)31(19-6-4-3-5-7-19,21-10-14-23(40-2)15-11-21)41-16-24-26(37)27(38)30(42-24)36-18-35-25-28(32)33-17-34-29(25)36/h3-15,17-18,24,26-27,30,37-38H,16H2,1-2H3,(H2,32,33,34)/t24-,26?,27+,30-/m1/s1. The summed E-state index contributed by atoms with van der Waals surface area (Å²) in [5, 5.41) is 22.2. The molecule has 3 heterocycles. The van der Waals surface area contributed by atoms with Crippen LogP contribution in [-0.4, -0.2) is 68.9 Å². The van der Waals surface area contributed by atoms with E-state index in [9.17, 15) is 10.2 Å². The first-order chi connectivity index (χ1) is 20.5. The molecule has 6 rings (SSSR count). The van der Waals surface area contributed by atoms with Crippen molar-refractivity contribution in [3.05, 3.63) is 108 Å². The highest BCUT2D eigenvalue weighted by Gasteiger charge is 2.47. The molecule has 1 aliphatic rings. The van der Waals surface area contributed by atoms with Crippen molar-refractivity contribution in [2.75, 3.05) is 26.6 Å². The van der Waals surface area contributed by atoms with Gasteiger partial charge < -0.3 is 34.9 Å². The molecule has 2 aromatic heterocycles. The number of aromatic nitrogens is 4. The number of anilines is 1. The SMILES string of the molecule is COc1ccc(C(OC[C@H]2O[C@@H](n3cnc4c(N)ncnc43)[C@@H](O)C2O)(c2ccccc2)c2ccc(OC)cc2)cc1. The van der Waals surface area contributed by atoms with Gasteiger partial charge in [-0.25, -0.2) is 15.0 Å². The van der Waals surface area contributed by atoms with E-state index < -0.39 is 30.1 Å². The summed E-state index contributed by atoms with van der Waals surface area (Å²) in [6.07, 6.45) is -1.62. The van der Waals surface area contributed by atoms with Crippen LogP contribution in [0.5, 0.6) is 11.5 Å². The highest BCUT2D eigenvalue weighted by molar-refractivity contribution is 5.81. The normalized spacial score (nSPS) is 20.6. The van der Waals surface area contributed by atoms with Gasteiger partial charge in [0.15, 0.2) is 17.7 Å². The molecule has 0 bridgehead atoms. The fraction of sp³-hybridized carbons (Fsp3) is 0.258. The van der Waals surface area contributed by atoms with Crippen LogP contribution >= 0.6 is 0 Å². The Morgan fingerprint density at radius 3 is 2.00 bits per heavy atom. The Labute approximate surface area is 242 Å². The molecule has 11 nitrogen and oxygen atoms in total. The zero-order valence-electron chi connectivity index (χ0n) is 23.1. The van der Waals surface area contributed by atoms with Crippen molar-refractivity contribution in [2.45, 2.75) is 30.1 Å². The lowest BCUT2D eigenvalue weighted by Gasteiger charge is -2.37. The number of hydrogen-bond acceptors (Lipinski definition) is 10. The van der Waals surface area contributed by atoms with E-state index in [1.54, 1.807) is 18.8 Å². The van der Waals surface area contributed by atoms with Crippen LogP contribution in [0.4, 0.5) is 5.82 Å². The third-order valence-corrected chi connectivity index (χ3v) is 7.64. The molecule has 4 atom stereocenters. The minimum absolute atomic E-state index is 0.0641. The summed E-state index contributed by atoms with van der Waals surface area (Å²) in [7, 11) is 3.23. The van der Waals surface area contributed by atoms with Crippen molar-refractivity contribution in [3.8, 4) is 11.5 Å². The van der Waals surface area contributed by atoms with Gasteiger partial charge >= 0.3 is 0 Å². The number of nitrogens with two attached hydrogens (primary N) is 1. The fourth-order valence-corrected chi connectivity index (χ4v) is 5.43. The van der Waals surface area contributed by atoms with Gasteiger partial charge in [-0.15, -0.1) is 0 Å². The maximum absolute atomic E-state index is 11.1. The zero-order chi connectivity index (χ0) is 29.3. The number of nitrogen functional groups attached to an aromatic ring is 1. The molecule has 0 amide bonds. The van der Waals surface area contributed by atoms with Crippen molar-refractivity contribution in [3.63, 3.8) is 0 Å². The van der Waals surface area contributed by atoms with Crippen LogP contribution in [0.25, 0.3) is 11.2 Å². The number of ether oxygens (including phenoxy) is 4. The van der Waals surface area contributed by atoms with Crippen LogP contribution in [0.1, 0.15) is 22.9 Å². The lowest BCUT2D eigenvalue weighted by atomic mass is 9.80. The number of methoxy groups -OCH3 is 2. The highest BCUT2D eigenvalue weighted by atomic mass is 16.6. The predicted molar refractivity (Wildman–Crippen MR) is 154 cm³/mol. The molecule has 0 aliphatic carbocycles. The molecule has 0 spiro atoms. The third-order valence-electron chi connectivity index (χ3n) is 7.64. The van der Waals surface area contributed by atoms with Crippen molar-refractivity contribution in [2.24, 2.45) is 0 Å². The van der Waals surface area contributed by atoms with Crippen LogP contribution in [0.2, 0.25) is 0 Å². The summed E-state index contributed by atoms with van der Waals surface area (Å²) >= 11 is 0. The number of nitrogens with zero attached hydrogens (tertiary/aromatic N) is 4. The number of benzene rings is 3. The average molecular weight is 570 g/mol. The van der Waals surface area contributed by atoms with E-state index in [-0.39, 0.29) is 12.4 Å². The molecule has 0 saturated carbocycles. The largest absolute Gasteiger partial charge is 0.497 e. The Bertz CT molecular complexity index is 1600. The molecule has 1 saturated heterocycles. The second-order valence-corrected chi connectivity index (χ2v) is 9.94. The predicted octanol–water partition coefficient (Wildman–Crippen LogP) is 3.05. The first-order valence-corrected chi connectivity index (χ1v) is 13.4. The van der Waals surface area contributed by atoms with Crippen molar-refractivity contribution >= 4 is 17.0 Å². The van der Waals surface area contributed by atoms with E-state index >= 15 is 0 Å². The second kappa shape index (κ2) is 11.4. The summed E-state index contributed by atoms with van der Waals surface area (Å²) in [4.78, 5) is 12.5. The minimum Gasteiger partial charge on any atom is -0.497 e. The van der Waals surface area contributed by atoms with Crippen LogP contribution < -0.4 is 15.2 Å². The number of fused-ring (bicyclic) bond motifs is 1. The molecule has 216 valence electrons. The Balaban J connectivity index is 1.39. The number of imidazole rings is 1. The number of rotatable bonds is 9. The zero-order valence-corrected chi connectivity index (χ0v) is 23.1. The topological polar surface area (TPSA) is 147 Å². The maximum atomic E-state index is 11.1. The number of hydrogen-bond donors (Lipinski definition) is 3. The summed E-state index contributed by atoms with van der Waals surface area (Å²) in [5.74, 6) is 1.61. The van der Waals surface area contributed by atoms with E-state index in [4.69, 9.17) is 24.7 Å². The van der Waals surface area contributed by atoms with E-state index in [1.807, 2.05) is 78.9 Å². The lowest BCUT2D eigenvalue weighted by Crippen LogP contribution is -2.39. The molecule has 4 N–H and O–H groups in total. The number of aliphatic hydroxyl groups excluding tert-OH is 2. The molecule has 42 heavy (non-hydrogen) atoms. The Kier molecular flexibility index (Phi) is 7.48. The Morgan fingerprint density at radius 2 is 1.40 bits per heavy atom. The quantitative estimate of drug-likeness (QED) is 0.226. The summed E-state index contributed by atoms with van der Waals surface area (Å²) in [6, 6.07) is 25.1. The van der Waals surface area contributed by atoms with Crippen molar-refractivity contribution in [1.29, 1.82) is 0 Å². The lowest BCUT2D eigenvalue weighted by molar-refractivity contribution is -0.0942. The van der Waals surface area contributed by atoms with Gasteiger partial charge in [0, 0.05) is 0 Å². The fourth-order valence-electron chi connectivity index (χ4n) is 5.43. The van der Waals surface area contributed by atoms with Crippen LogP contribution in [-0.2, 0) is 15.1 Å². The maximum Gasteiger partial charge on any atom is 0.167 e. The van der Waals surface area contributed by atoms with E-state index in [0.29, 0.717) is 22.7 Å². The molecular weight excluding hydrogens is 538 g/mol. The number of aliphatic hydroxyl groups is 2. The smallest absolute Gasteiger partial charge is 0.167 e. The van der Waals surface area contributed by atoms with E-state index in [1.165, 1.54) is 12.7 Å². The van der Waals surface area contributed by atoms with Crippen molar-refractivity contribution < 1.29 is 29.2 Å².